The highest BCUT2D eigenvalue weighted by atomic mass is 19.1. The molecule has 2 heterocycles. The van der Waals surface area contributed by atoms with Gasteiger partial charge in [0.25, 0.3) is 0 Å². The molecule has 0 atom stereocenters. The molecule has 1 saturated heterocycles. The van der Waals surface area contributed by atoms with Crippen LogP contribution in [0.4, 0.5) is 4.39 Å². The molecule has 42 heavy (non-hydrogen) atoms. The fourth-order valence-corrected chi connectivity index (χ4v) is 5.66. The molecule has 1 aromatic heterocycles. The summed E-state index contributed by atoms with van der Waals surface area (Å²) in [6.45, 7) is 8.03. The maximum absolute atomic E-state index is 15.8. The fraction of sp³-hybridized carbons (Fsp3) is 0.229. The fourth-order valence-electron chi connectivity index (χ4n) is 5.66. The summed E-state index contributed by atoms with van der Waals surface area (Å²) < 4.78 is 36.0. The van der Waals surface area contributed by atoms with Gasteiger partial charge < -0.3 is 14.0 Å². The van der Waals surface area contributed by atoms with Crippen molar-refractivity contribution in [3.05, 3.63) is 138 Å². The summed E-state index contributed by atoms with van der Waals surface area (Å²) in [6, 6.07) is 35.6. The predicted octanol–water partition coefficient (Wildman–Crippen LogP) is 6.84. The van der Waals surface area contributed by atoms with Crippen molar-refractivity contribution in [2.24, 2.45) is 0 Å². The van der Waals surface area contributed by atoms with Crippen molar-refractivity contribution >= 4 is 12.6 Å². The zero-order valence-electron chi connectivity index (χ0n) is 24.5. The van der Waals surface area contributed by atoms with E-state index >= 15 is 4.39 Å². The highest BCUT2D eigenvalue weighted by Crippen LogP contribution is 2.42. The van der Waals surface area contributed by atoms with Crippen LogP contribution in [0, 0.1) is 5.82 Å². The van der Waals surface area contributed by atoms with Gasteiger partial charge in [-0.25, -0.2) is 4.39 Å². The maximum atomic E-state index is 15.8. The number of benzene rings is 4. The Balaban J connectivity index is 1.68. The highest BCUT2D eigenvalue weighted by molar-refractivity contribution is 6.63. The van der Waals surface area contributed by atoms with Crippen LogP contribution in [0.5, 0.6) is 5.75 Å². The first-order valence-electron chi connectivity index (χ1n) is 14.1. The molecule has 212 valence electrons. The van der Waals surface area contributed by atoms with Crippen LogP contribution in [0.3, 0.4) is 0 Å². The molecule has 0 radical (unpaired) electrons. The summed E-state index contributed by atoms with van der Waals surface area (Å²) in [5, 5.41) is 5.21. The number of aromatic nitrogens is 2. The monoisotopic (exact) mass is 560 g/mol. The Hall–Kier alpha value is -4.20. The van der Waals surface area contributed by atoms with Crippen molar-refractivity contribution in [1.82, 2.24) is 9.78 Å². The molecule has 0 amide bonds. The second-order valence-electron chi connectivity index (χ2n) is 11.6. The number of hydrogen-bond donors (Lipinski definition) is 0. The van der Waals surface area contributed by atoms with E-state index in [1.165, 1.54) is 13.2 Å². The molecule has 6 rings (SSSR count). The van der Waals surface area contributed by atoms with Crippen LogP contribution in [0.15, 0.2) is 115 Å². The topological polar surface area (TPSA) is 45.5 Å². The second-order valence-corrected chi connectivity index (χ2v) is 11.6. The first-order chi connectivity index (χ1) is 20.2. The molecule has 1 aliphatic rings. The Labute approximate surface area is 247 Å². The van der Waals surface area contributed by atoms with Crippen LogP contribution in [0.2, 0.25) is 0 Å². The van der Waals surface area contributed by atoms with E-state index in [0.29, 0.717) is 22.5 Å². The molecule has 0 bridgehead atoms. The molecule has 5 nitrogen and oxygen atoms in total. The van der Waals surface area contributed by atoms with Crippen LogP contribution in [-0.2, 0) is 14.8 Å². The van der Waals surface area contributed by atoms with Crippen LogP contribution >= 0.6 is 0 Å². The van der Waals surface area contributed by atoms with E-state index in [1.54, 1.807) is 12.1 Å². The normalized spacial score (nSPS) is 16.0. The summed E-state index contributed by atoms with van der Waals surface area (Å²) in [4.78, 5) is 0. The quantitative estimate of drug-likeness (QED) is 0.162. The van der Waals surface area contributed by atoms with Gasteiger partial charge in [0.2, 0.25) is 0 Å². The van der Waals surface area contributed by atoms with Gasteiger partial charge in [-0.2, -0.15) is 5.10 Å². The summed E-state index contributed by atoms with van der Waals surface area (Å²) in [5.41, 5.74) is 2.37. The van der Waals surface area contributed by atoms with Gasteiger partial charge in [0, 0.05) is 23.3 Å². The molecule has 7 heteroatoms. The van der Waals surface area contributed by atoms with Gasteiger partial charge in [-0.1, -0.05) is 91.0 Å². The summed E-state index contributed by atoms with van der Waals surface area (Å²) >= 11 is 0. The highest BCUT2D eigenvalue weighted by Gasteiger charge is 2.53. The average Bonchev–Trinajstić information content (AvgIpc) is 3.52. The van der Waals surface area contributed by atoms with E-state index in [9.17, 15) is 0 Å². The van der Waals surface area contributed by atoms with Crippen molar-refractivity contribution in [1.29, 1.82) is 0 Å². The molecule has 0 N–H and O–H groups in total. The smallest absolute Gasteiger partial charge is 0.497 e. The molecular formula is C35H34BFN2O3. The van der Waals surface area contributed by atoms with Gasteiger partial charge in [-0.15, -0.1) is 0 Å². The maximum Gasteiger partial charge on any atom is 0.498 e. The SMILES string of the molecule is COc1ccc(-c2nn(C(c3ccccc3)(c3ccccc3)c3ccccc3)cc2B2OC(C)(C)C(C)(C)O2)c(F)c1. The minimum atomic E-state index is -0.886. The average molecular weight is 560 g/mol. The number of hydrogen-bond acceptors (Lipinski definition) is 4. The molecule has 5 aromatic rings. The van der Waals surface area contributed by atoms with Gasteiger partial charge >= 0.3 is 7.12 Å². The van der Waals surface area contributed by atoms with Gasteiger partial charge in [-0.3, -0.25) is 4.68 Å². The van der Waals surface area contributed by atoms with E-state index < -0.39 is 29.7 Å². The third kappa shape index (κ3) is 4.53. The molecule has 0 aliphatic carbocycles. The Morgan fingerprint density at radius 2 is 1.21 bits per heavy atom. The molecule has 1 fully saturated rings. The third-order valence-corrected chi connectivity index (χ3v) is 8.60. The van der Waals surface area contributed by atoms with Crippen molar-refractivity contribution in [2.45, 2.75) is 44.4 Å². The van der Waals surface area contributed by atoms with Crippen molar-refractivity contribution < 1.29 is 18.4 Å². The molecule has 0 unspecified atom stereocenters. The van der Waals surface area contributed by atoms with Crippen LogP contribution in [-0.4, -0.2) is 35.2 Å². The first kappa shape index (κ1) is 27.9. The summed E-state index contributed by atoms with van der Waals surface area (Å²) in [7, 11) is 0.757. The van der Waals surface area contributed by atoms with E-state index in [2.05, 4.69) is 36.4 Å². The van der Waals surface area contributed by atoms with Crippen LogP contribution in [0.1, 0.15) is 44.4 Å². The largest absolute Gasteiger partial charge is 0.498 e. The third-order valence-electron chi connectivity index (χ3n) is 8.60. The molecule has 1 aliphatic heterocycles. The standard InChI is InChI=1S/C35H34BFN2O3/c1-33(2)34(3,4)42-36(41-33)30-24-39(38-32(30)29-22-21-28(40-5)23-31(29)37)35(25-15-9-6-10-16-25,26-17-11-7-12-18-26)27-19-13-8-14-20-27/h6-24H,1-5H3. The Morgan fingerprint density at radius 3 is 1.64 bits per heavy atom. The Kier molecular flexibility index (Phi) is 7.04. The number of methoxy groups -OCH3 is 1. The van der Waals surface area contributed by atoms with E-state index in [-0.39, 0.29) is 0 Å². The zero-order chi connectivity index (χ0) is 29.5. The van der Waals surface area contributed by atoms with Crippen molar-refractivity contribution in [3.63, 3.8) is 0 Å². The lowest BCUT2D eigenvalue weighted by atomic mass is 9.76. The summed E-state index contributed by atoms with van der Waals surface area (Å²) in [6.07, 6.45) is 1.95. The van der Waals surface area contributed by atoms with Gasteiger partial charge in [0.05, 0.1) is 24.0 Å². The van der Waals surface area contributed by atoms with E-state index in [4.69, 9.17) is 19.1 Å². The summed E-state index contributed by atoms with van der Waals surface area (Å²) in [5.74, 6) is -0.0119. The number of rotatable bonds is 7. The Morgan fingerprint density at radius 1 is 0.738 bits per heavy atom. The molecule has 4 aromatic carbocycles. The van der Waals surface area contributed by atoms with E-state index in [1.807, 2.05) is 93.2 Å². The number of halogens is 1. The lowest BCUT2D eigenvalue weighted by molar-refractivity contribution is 0.00578. The first-order valence-corrected chi connectivity index (χ1v) is 14.1. The van der Waals surface area contributed by atoms with Gasteiger partial charge in [0.15, 0.2) is 0 Å². The minimum Gasteiger partial charge on any atom is -0.497 e. The number of nitrogens with zero attached hydrogens (tertiary/aromatic N) is 2. The van der Waals surface area contributed by atoms with Crippen molar-refractivity contribution in [3.8, 4) is 17.0 Å². The van der Waals surface area contributed by atoms with Crippen LogP contribution in [0.25, 0.3) is 11.3 Å². The zero-order valence-corrected chi connectivity index (χ0v) is 24.5. The number of ether oxygens (including phenoxy) is 1. The second kappa shape index (κ2) is 10.6. The molecular weight excluding hydrogens is 526 g/mol. The van der Waals surface area contributed by atoms with Gasteiger partial charge in [-0.05, 0) is 56.5 Å². The lowest BCUT2D eigenvalue weighted by Crippen LogP contribution is -2.41. The minimum absolute atomic E-state index is 0.336. The predicted molar refractivity (Wildman–Crippen MR) is 164 cm³/mol. The van der Waals surface area contributed by atoms with E-state index in [0.717, 1.165) is 16.7 Å². The van der Waals surface area contributed by atoms with Gasteiger partial charge in [0.1, 0.15) is 17.1 Å². The lowest BCUT2D eigenvalue weighted by Gasteiger charge is -2.36. The van der Waals surface area contributed by atoms with Crippen molar-refractivity contribution in [2.75, 3.05) is 7.11 Å². The molecule has 0 spiro atoms. The molecule has 0 saturated carbocycles. The van der Waals surface area contributed by atoms with Crippen LogP contribution < -0.4 is 10.2 Å². The Bertz CT molecular complexity index is 1580.